The summed E-state index contributed by atoms with van der Waals surface area (Å²) in [4.78, 5) is 28.9. The van der Waals surface area contributed by atoms with Gasteiger partial charge in [0.05, 0.1) is 22.9 Å². The van der Waals surface area contributed by atoms with E-state index >= 15 is 0 Å². The number of imidazole rings is 1. The molecule has 0 aliphatic heterocycles. The number of rotatable bonds is 13. The molecule has 8 nitrogen and oxygen atoms in total. The van der Waals surface area contributed by atoms with Gasteiger partial charge in [0.15, 0.2) is 0 Å². The van der Waals surface area contributed by atoms with E-state index in [1.165, 1.54) is 19.8 Å². The Morgan fingerprint density at radius 1 is 1.18 bits per heavy atom. The van der Waals surface area contributed by atoms with Crippen molar-refractivity contribution in [3.63, 3.8) is 0 Å². The van der Waals surface area contributed by atoms with Crippen molar-refractivity contribution in [1.29, 1.82) is 0 Å². The predicted molar refractivity (Wildman–Crippen MR) is 157 cm³/mol. The average molecular weight is 567 g/mol. The van der Waals surface area contributed by atoms with Gasteiger partial charge in [-0.15, -0.1) is 0 Å². The maximum atomic E-state index is 12.3. The fourth-order valence-corrected chi connectivity index (χ4v) is 5.51. The third-order valence-corrected chi connectivity index (χ3v) is 7.55. The molecule has 214 valence electrons. The minimum absolute atomic E-state index is 0.0692. The van der Waals surface area contributed by atoms with E-state index in [9.17, 15) is 14.7 Å². The van der Waals surface area contributed by atoms with Crippen LogP contribution < -0.4 is 15.8 Å². The lowest BCUT2D eigenvalue weighted by Gasteiger charge is -2.23. The molecule has 1 aliphatic rings. The molecule has 1 saturated carbocycles. The number of hydrogen-bond donors (Lipinski definition) is 3. The highest BCUT2D eigenvalue weighted by Gasteiger charge is 2.26. The number of aliphatic hydroxyl groups is 1. The molecule has 0 spiro atoms. The van der Waals surface area contributed by atoms with Gasteiger partial charge in [0.2, 0.25) is 11.8 Å². The van der Waals surface area contributed by atoms with Gasteiger partial charge < -0.3 is 25.5 Å². The highest BCUT2D eigenvalue weighted by molar-refractivity contribution is 6.33. The molecule has 2 unspecified atom stereocenters. The largest absolute Gasteiger partial charge is 0.489 e. The summed E-state index contributed by atoms with van der Waals surface area (Å²) in [6, 6.07) is 11.2. The van der Waals surface area contributed by atoms with E-state index in [2.05, 4.69) is 16.1 Å². The van der Waals surface area contributed by atoms with Crippen molar-refractivity contribution < 1.29 is 19.4 Å². The summed E-state index contributed by atoms with van der Waals surface area (Å²) in [6.45, 7) is 8.11. The van der Waals surface area contributed by atoms with Gasteiger partial charge in [-0.05, 0) is 81.5 Å². The van der Waals surface area contributed by atoms with Crippen molar-refractivity contribution in [2.75, 3.05) is 6.61 Å². The van der Waals surface area contributed by atoms with Gasteiger partial charge in [0.25, 0.3) is 0 Å². The van der Waals surface area contributed by atoms with E-state index in [0.717, 1.165) is 29.2 Å². The van der Waals surface area contributed by atoms with Crippen molar-refractivity contribution in [2.24, 2.45) is 11.7 Å². The molecule has 40 heavy (non-hydrogen) atoms. The van der Waals surface area contributed by atoms with Crippen LogP contribution in [0.1, 0.15) is 86.2 Å². The Hall–Kier alpha value is -3.36. The lowest BCUT2D eigenvalue weighted by molar-refractivity contribution is -0.119. The van der Waals surface area contributed by atoms with Gasteiger partial charge in [-0.25, -0.2) is 4.98 Å². The van der Waals surface area contributed by atoms with Crippen molar-refractivity contribution in [3.8, 4) is 17.0 Å². The molecule has 1 aliphatic carbocycles. The zero-order valence-corrected chi connectivity index (χ0v) is 24.4. The SMILES string of the molecule is CC(=O)NC(C)c1nc(-c2ccc(CC(CCO)c3c(C(N)=O)ccc(OC(C)C)c3Cl)cc2)cn1CC1CC1. The van der Waals surface area contributed by atoms with Crippen LogP contribution in [0.4, 0.5) is 0 Å². The molecule has 2 aromatic carbocycles. The van der Waals surface area contributed by atoms with Crippen LogP contribution in [-0.4, -0.2) is 39.2 Å². The van der Waals surface area contributed by atoms with Crippen LogP contribution in [0.5, 0.6) is 5.75 Å². The maximum absolute atomic E-state index is 12.3. The second-order valence-electron chi connectivity index (χ2n) is 11.0. The van der Waals surface area contributed by atoms with Crippen molar-refractivity contribution >= 4 is 23.4 Å². The number of nitrogens with zero attached hydrogens (tertiary/aromatic N) is 2. The zero-order chi connectivity index (χ0) is 29.0. The van der Waals surface area contributed by atoms with E-state index in [1.54, 1.807) is 12.1 Å². The molecular weight excluding hydrogens is 528 g/mol. The number of ether oxygens (including phenoxy) is 1. The molecule has 1 heterocycles. The molecule has 1 aromatic heterocycles. The number of halogens is 1. The Bertz CT molecular complexity index is 1350. The number of aromatic nitrogens is 2. The molecule has 3 aromatic rings. The molecule has 0 radical (unpaired) electrons. The minimum atomic E-state index is -0.572. The quantitative estimate of drug-likeness (QED) is 0.256. The summed E-state index contributed by atoms with van der Waals surface area (Å²) in [5.41, 5.74) is 9.48. The topological polar surface area (TPSA) is 119 Å². The van der Waals surface area contributed by atoms with E-state index in [0.29, 0.717) is 40.7 Å². The first kappa shape index (κ1) is 29.6. The van der Waals surface area contributed by atoms with Gasteiger partial charge in [0.1, 0.15) is 11.6 Å². The Kier molecular flexibility index (Phi) is 9.53. The first-order valence-corrected chi connectivity index (χ1v) is 14.3. The Labute approximate surface area is 240 Å². The summed E-state index contributed by atoms with van der Waals surface area (Å²) < 4.78 is 8.03. The number of carbonyl (C=O) groups is 2. The number of hydrogen-bond acceptors (Lipinski definition) is 5. The molecule has 2 amide bonds. The van der Waals surface area contributed by atoms with Crippen molar-refractivity contribution in [1.82, 2.24) is 14.9 Å². The average Bonchev–Trinajstić information content (AvgIpc) is 3.60. The van der Waals surface area contributed by atoms with Crippen LogP contribution in [0, 0.1) is 5.92 Å². The zero-order valence-electron chi connectivity index (χ0n) is 23.6. The summed E-state index contributed by atoms with van der Waals surface area (Å²) in [5.74, 6) is 1.10. The van der Waals surface area contributed by atoms with E-state index < -0.39 is 5.91 Å². The van der Waals surface area contributed by atoms with E-state index in [-0.39, 0.29) is 30.6 Å². The second kappa shape index (κ2) is 12.9. The van der Waals surface area contributed by atoms with Crippen LogP contribution in [0.15, 0.2) is 42.6 Å². The Balaban J connectivity index is 1.61. The fraction of sp³-hybridized carbons (Fsp3) is 0.452. The molecule has 0 bridgehead atoms. The summed E-state index contributed by atoms with van der Waals surface area (Å²) in [6.07, 6.45) is 5.37. The van der Waals surface area contributed by atoms with Crippen LogP contribution in [-0.2, 0) is 17.8 Å². The number of amides is 2. The van der Waals surface area contributed by atoms with Gasteiger partial charge in [-0.3, -0.25) is 9.59 Å². The minimum Gasteiger partial charge on any atom is -0.489 e. The molecule has 2 atom stereocenters. The van der Waals surface area contributed by atoms with Crippen molar-refractivity contribution in [3.05, 3.63) is 70.1 Å². The predicted octanol–water partition coefficient (Wildman–Crippen LogP) is 5.41. The first-order chi connectivity index (χ1) is 19.1. The van der Waals surface area contributed by atoms with Crippen LogP contribution in [0.25, 0.3) is 11.3 Å². The molecule has 4 rings (SSSR count). The molecule has 9 heteroatoms. The standard InChI is InChI=1S/C31H39ClN4O4/c1-18(2)40-27-12-11-25(30(33)39)28(29(27)32)24(13-14-37)15-21-7-9-23(10-8-21)26-17-36(16-22-5-6-22)31(35-26)19(3)34-20(4)38/h7-12,17-19,22,24,37H,5-6,13-16H2,1-4H3,(H2,33,39)(H,34,38). The molecule has 0 saturated heterocycles. The summed E-state index contributed by atoms with van der Waals surface area (Å²) in [5, 5.41) is 13.2. The van der Waals surface area contributed by atoms with Crippen LogP contribution >= 0.6 is 11.6 Å². The molecule has 4 N–H and O–H groups in total. The van der Waals surface area contributed by atoms with Gasteiger partial charge in [-0.1, -0.05) is 35.9 Å². The Morgan fingerprint density at radius 3 is 2.45 bits per heavy atom. The summed E-state index contributed by atoms with van der Waals surface area (Å²) >= 11 is 6.77. The van der Waals surface area contributed by atoms with Gasteiger partial charge >= 0.3 is 0 Å². The molecular formula is C31H39ClN4O4. The van der Waals surface area contributed by atoms with E-state index in [1.807, 2.05) is 45.0 Å². The third-order valence-electron chi connectivity index (χ3n) is 7.16. The van der Waals surface area contributed by atoms with Crippen molar-refractivity contribution in [2.45, 2.75) is 78.0 Å². The molecule has 1 fully saturated rings. The highest BCUT2D eigenvalue weighted by Crippen LogP contribution is 2.39. The number of nitrogens with two attached hydrogens (primary N) is 1. The first-order valence-electron chi connectivity index (χ1n) is 13.9. The number of primary amides is 1. The number of benzene rings is 2. The number of nitrogens with one attached hydrogen (secondary N) is 1. The Morgan fingerprint density at radius 2 is 1.88 bits per heavy atom. The monoisotopic (exact) mass is 566 g/mol. The second-order valence-corrected chi connectivity index (χ2v) is 11.4. The normalized spacial score (nSPS) is 14.7. The maximum Gasteiger partial charge on any atom is 0.249 e. The van der Waals surface area contributed by atoms with Crippen LogP contribution in [0.2, 0.25) is 5.02 Å². The van der Waals surface area contributed by atoms with Gasteiger partial charge in [0, 0.05) is 37.4 Å². The highest BCUT2D eigenvalue weighted by atomic mass is 35.5. The number of aliphatic hydroxyl groups excluding tert-OH is 1. The lowest BCUT2D eigenvalue weighted by atomic mass is 9.86. The summed E-state index contributed by atoms with van der Waals surface area (Å²) in [7, 11) is 0. The fourth-order valence-electron chi connectivity index (χ4n) is 5.14. The van der Waals surface area contributed by atoms with Crippen LogP contribution in [0.3, 0.4) is 0 Å². The number of carbonyl (C=O) groups excluding carboxylic acids is 2. The lowest BCUT2D eigenvalue weighted by Crippen LogP contribution is -2.26. The smallest absolute Gasteiger partial charge is 0.249 e. The van der Waals surface area contributed by atoms with Gasteiger partial charge in [-0.2, -0.15) is 0 Å². The van der Waals surface area contributed by atoms with E-state index in [4.69, 9.17) is 27.1 Å². The third kappa shape index (κ3) is 7.23.